The van der Waals surface area contributed by atoms with Crippen molar-refractivity contribution in [1.82, 2.24) is 0 Å². The molecule has 5 atom stereocenters. The SMILES string of the molecule is CC(C)=CCc1cc(C(=O)OC2OC(CO)C(O)C(O)C2O)cc(CC=C(C)C)c1O. The number of phenolic OH excluding ortho intramolecular Hbond substituents is 1. The van der Waals surface area contributed by atoms with Gasteiger partial charge < -0.3 is 35.0 Å². The molecule has 31 heavy (non-hydrogen) atoms. The Balaban J connectivity index is 2.33. The number of allylic oxidation sites excluding steroid dienone is 4. The highest BCUT2D eigenvalue weighted by molar-refractivity contribution is 5.90. The number of aromatic hydroxyl groups is 1. The molecule has 1 aliphatic rings. The van der Waals surface area contributed by atoms with Crippen molar-refractivity contribution < 1.29 is 39.8 Å². The lowest BCUT2D eigenvalue weighted by molar-refractivity contribution is -0.285. The minimum absolute atomic E-state index is 0.0967. The summed E-state index contributed by atoms with van der Waals surface area (Å²) in [6.45, 7) is 7.09. The summed E-state index contributed by atoms with van der Waals surface area (Å²) < 4.78 is 10.5. The van der Waals surface area contributed by atoms with Crippen molar-refractivity contribution in [3.8, 4) is 5.75 Å². The van der Waals surface area contributed by atoms with Gasteiger partial charge in [-0.1, -0.05) is 23.3 Å². The third-order valence-electron chi connectivity index (χ3n) is 5.04. The van der Waals surface area contributed by atoms with Crippen molar-refractivity contribution >= 4 is 5.97 Å². The van der Waals surface area contributed by atoms with Crippen LogP contribution in [0.25, 0.3) is 0 Å². The molecule has 0 aromatic heterocycles. The quantitative estimate of drug-likeness (QED) is 0.319. The zero-order valence-electron chi connectivity index (χ0n) is 18.3. The number of carbonyl (C=O) groups is 1. The molecule has 0 aliphatic carbocycles. The lowest BCUT2D eigenvalue weighted by Crippen LogP contribution is -2.59. The Kier molecular flexibility index (Phi) is 8.79. The van der Waals surface area contributed by atoms with Gasteiger partial charge in [0.1, 0.15) is 30.2 Å². The van der Waals surface area contributed by atoms with E-state index in [2.05, 4.69) is 0 Å². The Morgan fingerprint density at radius 1 is 0.968 bits per heavy atom. The van der Waals surface area contributed by atoms with Crippen molar-refractivity contribution in [2.45, 2.75) is 71.2 Å². The van der Waals surface area contributed by atoms with Crippen LogP contribution < -0.4 is 0 Å². The normalized spacial score (nSPS) is 25.6. The van der Waals surface area contributed by atoms with Gasteiger partial charge in [-0.05, 0) is 63.8 Å². The second-order valence-electron chi connectivity index (χ2n) is 8.22. The van der Waals surface area contributed by atoms with Crippen LogP contribution in [-0.2, 0) is 22.3 Å². The van der Waals surface area contributed by atoms with E-state index < -0.39 is 43.3 Å². The van der Waals surface area contributed by atoms with Crippen LogP contribution in [0, 0.1) is 0 Å². The second kappa shape index (κ2) is 10.9. The summed E-state index contributed by atoms with van der Waals surface area (Å²) in [4.78, 5) is 12.8. The third kappa shape index (κ3) is 6.38. The largest absolute Gasteiger partial charge is 0.507 e. The molecule has 1 aromatic rings. The lowest BCUT2D eigenvalue weighted by Gasteiger charge is -2.39. The first-order chi connectivity index (χ1) is 14.5. The molecule has 0 saturated carbocycles. The maximum absolute atomic E-state index is 12.8. The molecule has 0 amide bonds. The van der Waals surface area contributed by atoms with E-state index in [1.165, 1.54) is 12.1 Å². The molecule has 5 N–H and O–H groups in total. The van der Waals surface area contributed by atoms with Gasteiger partial charge >= 0.3 is 5.97 Å². The zero-order valence-corrected chi connectivity index (χ0v) is 18.3. The molecule has 0 spiro atoms. The topological polar surface area (TPSA) is 137 Å². The Hall–Kier alpha value is -2.23. The summed E-state index contributed by atoms with van der Waals surface area (Å²) in [5.41, 5.74) is 3.34. The molecule has 1 aromatic carbocycles. The smallest absolute Gasteiger partial charge is 0.340 e. The van der Waals surface area contributed by atoms with E-state index in [9.17, 15) is 30.3 Å². The molecular formula is C23H32O8. The van der Waals surface area contributed by atoms with Gasteiger partial charge in [0.05, 0.1) is 12.2 Å². The lowest BCUT2D eigenvalue weighted by atomic mass is 9.98. The monoisotopic (exact) mass is 436 g/mol. The van der Waals surface area contributed by atoms with E-state index >= 15 is 0 Å². The predicted octanol–water partition coefficient (Wildman–Crippen LogP) is 1.37. The molecule has 1 aliphatic heterocycles. The third-order valence-corrected chi connectivity index (χ3v) is 5.04. The summed E-state index contributed by atoms with van der Waals surface area (Å²) in [7, 11) is 0. The zero-order chi connectivity index (χ0) is 23.3. The van der Waals surface area contributed by atoms with Gasteiger partial charge in [-0.2, -0.15) is 0 Å². The molecule has 0 bridgehead atoms. The van der Waals surface area contributed by atoms with Crippen LogP contribution in [-0.4, -0.2) is 68.8 Å². The van der Waals surface area contributed by atoms with Crippen LogP contribution in [0.3, 0.4) is 0 Å². The number of esters is 1. The Morgan fingerprint density at radius 3 is 1.94 bits per heavy atom. The molecule has 172 valence electrons. The number of hydrogen-bond donors (Lipinski definition) is 5. The van der Waals surface area contributed by atoms with Crippen LogP contribution in [0.2, 0.25) is 0 Å². The summed E-state index contributed by atoms with van der Waals surface area (Å²) in [6, 6.07) is 3.01. The molecule has 8 heteroatoms. The average molecular weight is 437 g/mol. The van der Waals surface area contributed by atoms with Crippen LogP contribution in [0.1, 0.15) is 49.2 Å². The first kappa shape index (κ1) is 25.0. The Bertz CT molecular complexity index is 793. The molecule has 2 rings (SSSR count). The van der Waals surface area contributed by atoms with Crippen molar-refractivity contribution in [2.24, 2.45) is 0 Å². The maximum atomic E-state index is 12.8. The van der Waals surface area contributed by atoms with Gasteiger partial charge in [0.25, 0.3) is 0 Å². The van der Waals surface area contributed by atoms with Gasteiger partial charge in [0.15, 0.2) is 0 Å². The first-order valence-electron chi connectivity index (χ1n) is 10.2. The van der Waals surface area contributed by atoms with E-state index in [1.54, 1.807) is 0 Å². The average Bonchev–Trinajstić information content (AvgIpc) is 2.72. The van der Waals surface area contributed by atoms with Crippen molar-refractivity contribution in [3.05, 3.63) is 52.1 Å². The summed E-state index contributed by atoms with van der Waals surface area (Å²) in [5, 5.41) is 49.8. The summed E-state index contributed by atoms with van der Waals surface area (Å²) in [5.74, 6) is -0.736. The van der Waals surface area contributed by atoms with E-state index in [4.69, 9.17) is 9.47 Å². The molecular weight excluding hydrogens is 404 g/mol. The minimum Gasteiger partial charge on any atom is -0.507 e. The van der Waals surface area contributed by atoms with Gasteiger partial charge in [-0.15, -0.1) is 0 Å². The summed E-state index contributed by atoms with van der Waals surface area (Å²) in [6.07, 6.45) is -2.96. The molecule has 1 fully saturated rings. The van der Waals surface area contributed by atoms with Gasteiger partial charge in [0, 0.05) is 0 Å². The highest BCUT2D eigenvalue weighted by Crippen LogP contribution is 2.29. The number of ether oxygens (including phenoxy) is 2. The number of hydrogen-bond acceptors (Lipinski definition) is 8. The highest BCUT2D eigenvalue weighted by atomic mass is 16.7. The molecule has 5 unspecified atom stereocenters. The van der Waals surface area contributed by atoms with Crippen LogP contribution in [0.4, 0.5) is 0 Å². The fraction of sp³-hybridized carbons (Fsp3) is 0.522. The molecule has 1 saturated heterocycles. The van der Waals surface area contributed by atoms with E-state index in [-0.39, 0.29) is 11.3 Å². The number of carbonyl (C=O) groups excluding carboxylic acids is 1. The van der Waals surface area contributed by atoms with Gasteiger partial charge in [0.2, 0.25) is 6.29 Å². The van der Waals surface area contributed by atoms with Crippen LogP contribution >= 0.6 is 0 Å². The van der Waals surface area contributed by atoms with Crippen molar-refractivity contribution in [2.75, 3.05) is 6.61 Å². The van der Waals surface area contributed by atoms with Crippen molar-refractivity contribution in [3.63, 3.8) is 0 Å². The van der Waals surface area contributed by atoms with E-state index in [0.717, 1.165) is 11.1 Å². The number of benzene rings is 1. The fourth-order valence-corrected chi connectivity index (χ4v) is 3.16. The highest BCUT2D eigenvalue weighted by Gasteiger charge is 2.45. The van der Waals surface area contributed by atoms with Gasteiger partial charge in [-0.3, -0.25) is 0 Å². The van der Waals surface area contributed by atoms with E-state index in [1.807, 2.05) is 39.8 Å². The van der Waals surface area contributed by atoms with Crippen molar-refractivity contribution in [1.29, 1.82) is 0 Å². The first-order valence-corrected chi connectivity index (χ1v) is 10.2. The standard InChI is InChI=1S/C23H32O8/c1-12(2)5-7-14-9-16(10-15(18(14)25)8-6-13(3)4)22(29)31-23-21(28)20(27)19(26)17(11-24)30-23/h5-6,9-10,17,19-21,23-28H,7-8,11H2,1-4H3. The maximum Gasteiger partial charge on any atom is 0.340 e. The van der Waals surface area contributed by atoms with Gasteiger partial charge in [-0.25, -0.2) is 4.79 Å². The number of rotatable bonds is 7. The Morgan fingerprint density at radius 2 is 1.48 bits per heavy atom. The van der Waals surface area contributed by atoms with E-state index in [0.29, 0.717) is 24.0 Å². The summed E-state index contributed by atoms with van der Waals surface area (Å²) >= 11 is 0. The number of phenols is 1. The predicted molar refractivity (Wildman–Crippen MR) is 114 cm³/mol. The minimum atomic E-state index is -1.69. The van der Waals surface area contributed by atoms with Crippen LogP contribution in [0.5, 0.6) is 5.75 Å². The number of aliphatic hydroxyl groups is 4. The molecule has 1 heterocycles. The fourth-order valence-electron chi connectivity index (χ4n) is 3.16. The van der Waals surface area contributed by atoms with Crippen LogP contribution in [0.15, 0.2) is 35.4 Å². The molecule has 0 radical (unpaired) electrons. The molecule has 8 nitrogen and oxygen atoms in total. The number of aliphatic hydroxyl groups excluding tert-OH is 4. The Labute approximate surface area is 182 Å². The second-order valence-corrected chi connectivity index (χ2v) is 8.22.